The average Bonchev–Trinajstić information content (AvgIpc) is 3.87. The zero-order chi connectivity index (χ0) is 31.3. The van der Waals surface area contributed by atoms with Crippen molar-refractivity contribution in [1.82, 2.24) is 49.8 Å². The number of benzene rings is 3. The molecule has 0 saturated heterocycles. The quantitative estimate of drug-likeness (QED) is 0.134. The molecule has 0 radical (unpaired) electrons. The van der Waals surface area contributed by atoms with Crippen LogP contribution in [0.4, 0.5) is 0 Å². The lowest BCUT2D eigenvalue weighted by Crippen LogP contribution is -1.89. The number of aromatic nitrogens is 10. The number of fused-ring (bicyclic) bond motifs is 20. The van der Waals surface area contributed by atoms with Gasteiger partial charge < -0.3 is 19.9 Å². The smallest absolute Gasteiger partial charge is 0.115 e. The molecule has 0 atom stereocenters. The van der Waals surface area contributed by atoms with Crippen molar-refractivity contribution in [1.29, 1.82) is 0 Å². The van der Waals surface area contributed by atoms with Gasteiger partial charge >= 0.3 is 0 Å². The van der Waals surface area contributed by atoms with Crippen LogP contribution in [0.25, 0.3) is 111 Å². The van der Waals surface area contributed by atoms with Crippen molar-refractivity contribution < 1.29 is 0 Å². The predicted octanol–water partition coefficient (Wildman–Crippen LogP) is 8.49. The van der Waals surface area contributed by atoms with Crippen molar-refractivity contribution in [2.75, 3.05) is 0 Å². The first-order valence-electron chi connectivity index (χ1n) is 15.6. The van der Waals surface area contributed by atoms with E-state index in [-0.39, 0.29) is 0 Å². The fourth-order valence-corrected chi connectivity index (χ4v) is 6.74. The molecule has 0 saturated carbocycles. The molecule has 224 valence electrons. The molecule has 4 aromatic heterocycles. The summed E-state index contributed by atoms with van der Waals surface area (Å²) in [6.45, 7) is 0. The number of hydrogen-bond donors (Lipinski definition) is 4. The van der Waals surface area contributed by atoms with E-state index in [0.717, 1.165) is 111 Å². The molecule has 4 N–H and O–H groups in total. The van der Waals surface area contributed by atoms with Gasteiger partial charge in [0.1, 0.15) is 22.4 Å². The molecule has 48 heavy (non-hydrogen) atoms. The Labute approximate surface area is 269 Å². The van der Waals surface area contributed by atoms with Crippen LogP contribution >= 0.6 is 0 Å². The van der Waals surface area contributed by atoms with E-state index in [9.17, 15) is 0 Å². The van der Waals surface area contributed by atoms with E-state index in [1.165, 1.54) is 0 Å². The zero-order valence-corrected chi connectivity index (χ0v) is 25.1. The van der Waals surface area contributed by atoms with Crippen molar-refractivity contribution in [3.8, 4) is 22.8 Å². The van der Waals surface area contributed by atoms with Gasteiger partial charge in [-0.3, -0.25) is 0 Å². The summed E-state index contributed by atoms with van der Waals surface area (Å²) < 4.78 is 0. The minimum absolute atomic E-state index is 0.718. The molecule has 3 aromatic carbocycles. The number of rotatable bonds is 0. The Morgan fingerprint density at radius 1 is 0.312 bits per heavy atom. The molecule has 8 heterocycles. The lowest BCUT2D eigenvalue weighted by atomic mass is 10.2. The van der Waals surface area contributed by atoms with Crippen molar-refractivity contribution in [3.63, 3.8) is 0 Å². The second kappa shape index (κ2) is 9.30. The normalized spacial score (nSPS) is 12.2. The molecule has 8 bridgehead atoms. The maximum Gasteiger partial charge on any atom is 0.115 e. The molecular formula is C38H22N10. The van der Waals surface area contributed by atoms with E-state index in [2.05, 4.69) is 19.9 Å². The van der Waals surface area contributed by atoms with Crippen molar-refractivity contribution >= 4 is 88.3 Å². The van der Waals surface area contributed by atoms with Crippen molar-refractivity contribution in [2.45, 2.75) is 0 Å². The van der Waals surface area contributed by atoms with E-state index in [4.69, 9.17) is 29.9 Å². The molecular weight excluding hydrogens is 596 g/mol. The highest BCUT2D eigenvalue weighted by atomic mass is 14.9. The largest absolute Gasteiger partial charge is 0.355 e. The Balaban J connectivity index is 1.36. The highest BCUT2D eigenvalue weighted by Gasteiger charge is 2.19. The minimum atomic E-state index is 0.718. The Bertz CT molecular complexity index is 2940. The Kier molecular flexibility index (Phi) is 4.90. The van der Waals surface area contributed by atoms with E-state index in [1.807, 2.05) is 109 Å². The fourth-order valence-electron chi connectivity index (χ4n) is 6.74. The predicted molar refractivity (Wildman–Crippen MR) is 190 cm³/mol. The third kappa shape index (κ3) is 3.74. The zero-order valence-electron chi connectivity index (χ0n) is 25.1. The average molecular weight is 619 g/mol. The molecule has 0 aliphatic carbocycles. The number of hydrogen-bond acceptors (Lipinski definition) is 6. The molecule has 10 nitrogen and oxygen atoms in total. The minimum Gasteiger partial charge on any atom is -0.355 e. The molecule has 0 spiro atoms. The third-order valence-corrected chi connectivity index (χ3v) is 8.97. The monoisotopic (exact) mass is 618 g/mol. The molecule has 4 aliphatic rings. The van der Waals surface area contributed by atoms with Crippen molar-refractivity contribution in [3.05, 3.63) is 109 Å². The highest BCUT2D eigenvalue weighted by Crippen LogP contribution is 2.34. The van der Waals surface area contributed by atoms with Crippen molar-refractivity contribution in [2.24, 2.45) is 0 Å². The number of nitrogens with one attached hydrogen (secondary N) is 4. The topological polar surface area (TPSA) is 140 Å². The first kappa shape index (κ1) is 25.3. The summed E-state index contributed by atoms with van der Waals surface area (Å²) in [4.78, 5) is 44.9. The first-order valence-corrected chi connectivity index (χ1v) is 15.6. The molecule has 11 rings (SSSR count). The Hall–Kier alpha value is -6.94. The van der Waals surface area contributed by atoms with E-state index in [1.54, 1.807) is 0 Å². The summed E-state index contributed by atoms with van der Waals surface area (Å²) in [6, 6.07) is 36.2. The maximum absolute atomic E-state index is 5.12. The van der Waals surface area contributed by atoms with E-state index >= 15 is 0 Å². The molecule has 0 amide bonds. The van der Waals surface area contributed by atoms with Crippen LogP contribution < -0.4 is 0 Å². The standard InChI is InChI=1S/C38H22N10/c1-3-9-23-21(7-1)43-33-27-15-19-13-14-20(39-19)16-28-34-36(46-24-10-4-2-8-22(24)44-34)30(41-28)18-32-38-37(47-25-11-5-6-12-26(25)48-38)31(42-32)17-29(40-27)35(33)45-23/h1-18,39,42-44H. The van der Waals surface area contributed by atoms with E-state index in [0.29, 0.717) is 0 Å². The van der Waals surface area contributed by atoms with Crippen LogP contribution in [0.1, 0.15) is 0 Å². The number of nitrogens with zero attached hydrogens (tertiary/aromatic N) is 6. The molecule has 10 heteroatoms. The van der Waals surface area contributed by atoms with E-state index < -0.39 is 0 Å². The maximum atomic E-state index is 5.12. The van der Waals surface area contributed by atoms with Crippen LogP contribution in [-0.4, -0.2) is 49.8 Å². The third-order valence-electron chi connectivity index (χ3n) is 8.97. The van der Waals surface area contributed by atoms with Gasteiger partial charge in [-0.2, -0.15) is 0 Å². The molecule has 7 aromatic rings. The second-order valence-electron chi connectivity index (χ2n) is 12.0. The number of H-pyrrole nitrogens is 4. The van der Waals surface area contributed by atoms with Gasteiger partial charge in [-0.15, -0.1) is 0 Å². The molecule has 4 aliphatic heterocycles. The van der Waals surface area contributed by atoms with Gasteiger partial charge in [0.15, 0.2) is 0 Å². The highest BCUT2D eigenvalue weighted by molar-refractivity contribution is 6.08. The van der Waals surface area contributed by atoms with Gasteiger partial charge in [-0.05, 0) is 72.8 Å². The fraction of sp³-hybridized carbons (Fsp3) is 0. The summed E-state index contributed by atoms with van der Waals surface area (Å²) in [6.07, 6.45) is 0. The lowest BCUT2D eigenvalue weighted by Gasteiger charge is -2.03. The van der Waals surface area contributed by atoms with Gasteiger partial charge in [0, 0.05) is 11.0 Å². The van der Waals surface area contributed by atoms with Gasteiger partial charge in [-0.25, -0.2) is 29.9 Å². The van der Waals surface area contributed by atoms with Gasteiger partial charge in [0.2, 0.25) is 0 Å². The molecule has 0 unspecified atom stereocenters. The summed E-state index contributed by atoms with van der Waals surface area (Å²) >= 11 is 0. The first-order chi connectivity index (χ1) is 23.7. The summed E-state index contributed by atoms with van der Waals surface area (Å²) in [5, 5.41) is 0. The van der Waals surface area contributed by atoms with Gasteiger partial charge in [0.25, 0.3) is 0 Å². The Morgan fingerprint density at radius 2 is 0.771 bits per heavy atom. The SMILES string of the molecule is c1ccc2nc3c4cc5nc(cc6ccc(cc7nc(cc([nH]4)c3nc2c1)c1nc2ccccc2[nH]c7-1)[nH]6)c1[nH]c2ccccc2nc5-1. The van der Waals surface area contributed by atoms with Crippen LogP contribution in [-0.2, 0) is 0 Å². The summed E-state index contributed by atoms with van der Waals surface area (Å²) in [7, 11) is 0. The second-order valence-corrected chi connectivity index (χ2v) is 12.0. The molecule has 0 fully saturated rings. The van der Waals surface area contributed by atoms with Gasteiger partial charge in [0.05, 0.1) is 77.6 Å². The van der Waals surface area contributed by atoms with Crippen LogP contribution in [0.15, 0.2) is 109 Å². The lowest BCUT2D eigenvalue weighted by molar-refractivity contribution is 1.32. The number of aromatic amines is 4. The summed E-state index contributed by atoms with van der Waals surface area (Å²) in [5.74, 6) is 0. The summed E-state index contributed by atoms with van der Waals surface area (Å²) in [5.41, 5.74) is 16.3. The van der Waals surface area contributed by atoms with Gasteiger partial charge in [-0.1, -0.05) is 36.4 Å². The van der Waals surface area contributed by atoms with Crippen LogP contribution in [0.3, 0.4) is 0 Å². The van der Waals surface area contributed by atoms with Crippen LogP contribution in [0.5, 0.6) is 0 Å². The number of para-hydroxylation sites is 6. The van der Waals surface area contributed by atoms with Crippen LogP contribution in [0.2, 0.25) is 0 Å². The Morgan fingerprint density at radius 3 is 1.27 bits per heavy atom. The van der Waals surface area contributed by atoms with Crippen LogP contribution in [0, 0.1) is 0 Å².